The maximum atomic E-state index is 8.86. The minimum atomic E-state index is 0.0370. The molecule has 3 rings (SSSR count). The SMILES string of the molecule is CC1=CN(C)C(N(C)C)N1C#N.c1ccc2ncccc2c1. The first-order valence-corrected chi connectivity index (χ1v) is 7.10. The second-order valence-corrected chi connectivity index (χ2v) is 5.41. The number of pyridine rings is 1. The van der Waals surface area contributed by atoms with Crippen LogP contribution in [-0.4, -0.2) is 47.1 Å². The van der Waals surface area contributed by atoms with Crippen molar-refractivity contribution in [2.45, 2.75) is 13.2 Å². The molecule has 0 N–H and O–H groups in total. The first-order valence-electron chi connectivity index (χ1n) is 7.10. The molecule has 0 saturated heterocycles. The highest BCUT2D eigenvalue weighted by Gasteiger charge is 2.29. The van der Waals surface area contributed by atoms with Gasteiger partial charge in [0.2, 0.25) is 0 Å². The van der Waals surface area contributed by atoms with Crippen LogP contribution in [0.4, 0.5) is 0 Å². The molecule has 0 bridgehead atoms. The second kappa shape index (κ2) is 6.92. The molecule has 0 amide bonds. The molecule has 1 atom stereocenters. The third-order valence-electron chi connectivity index (χ3n) is 3.45. The van der Waals surface area contributed by atoms with Crippen LogP contribution in [0.1, 0.15) is 6.92 Å². The van der Waals surface area contributed by atoms with Crippen molar-refractivity contribution in [1.82, 2.24) is 19.7 Å². The highest BCUT2D eigenvalue weighted by molar-refractivity contribution is 5.77. The summed E-state index contributed by atoms with van der Waals surface area (Å²) in [6.07, 6.45) is 5.97. The molecule has 0 radical (unpaired) electrons. The summed E-state index contributed by atoms with van der Waals surface area (Å²) in [5.74, 6) is 0. The molecule has 2 heterocycles. The molecule has 1 aliphatic rings. The highest BCUT2D eigenvalue weighted by atomic mass is 15.5. The molecule has 0 aliphatic carbocycles. The number of rotatable bonds is 1. The van der Waals surface area contributed by atoms with Gasteiger partial charge in [0.25, 0.3) is 0 Å². The van der Waals surface area contributed by atoms with Crippen LogP contribution in [0.5, 0.6) is 0 Å². The molecule has 1 aliphatic heterocycles. The lowest BCUT2D eigenvalue weighted by Crippen LogP contribution is -2.46. The van der Waals surface area contributed by atoms with E-state index in [-0.39, 0.29) is 6.29 Å². The summed E-state index contributed by atoms with van der Waals surface area (Å²) in [6.45, 7) is 1.93. The fourth-order valence-corrected chi connectivity index (χ4v) is 2.53. The van der Waals surface area contributed by atoms with Crippen molar-refractivity contribution in [3.05, 3.63) is 54.5 Å². The summed E-state index contributed by atoms with van der Waals surface area (Å²) < 4.78 is 0. The van der Waals surface area contributed by atoms with E-state index in [2.05, 4.69) is 23.3 Å². The zero-order valence-electron chi connectivity index (χ0n) is 13.4. The molecule has 0 saturated carbocycles. The van der Waals surface area contributed by atoms with Gasteiger partial charge in [0.1, 0.15) is 0 Å². The summed E-state index contributed by atoms with van der Waals surface area (Å²) in [5, 5.41) is 10.1. The third-order valence-corrected chi connectivity index (χ3v) is 3.45. The minimum Gasteiger partial charge on any atom is -0.346 e. The average molecular weight is 295 g/mol. The van der Waals surface area contributed by atoms with Crippen LogP contribution in [0.2, 0.25) is 0 Å². The predicted octanol–water partition coefficient (Wildman–Crippen LogP) is 2.66. The Bertz CT molecular complexity index is 636. The van der Waals surface area contributed by atoms with E-state index in [1.807, 2.05) is 74.5 Å². The minimum absolute atomic E-state index is 0.0370. The lowest BCUT2D eigenvalue weighted by atomic mass is 10.2. The van der Waals surface area contributed by atoms with Crippen LogP contribution >= 0.6 is 0 Å². The van der Waals surface area contributed by atoms with Gasteiger partial charge in [-0.15, -0.1) is 0 Å². The molecule has 1 aromatic carbocycles. The number of para-hydroxylation sites is 1. The topological polar surface area (TPSA) is 46.4 Å². The van der Waals surface area contributed by atoms with Crippen molar-refractivity contribution in [2.75, 3.05) is 21.1 Å². The Morgan fingerprint density at radius 3 is 2.45 bits per heavy atom. The van der Waals surface area contributed by atoms with Crippen molar-refractivity contribution in [3.8, 4) is 6.19 Å². The van der Waals surface area contributed by atoms with Gasteiger partial charge in [-0.2, -0.15) is 5.26 Å². The van der Waals surface area contributed by atoms with Crippen molar-refractivity contribution in [3.63, 3.8) is 0 Å². The number of benzene rings is 1. The Balaban J connectivity index is 0.000000162. The van der Waals surface area contributed by atoms with Crippen molar-refractivity contribution < 1.29 is 0 Å². The molecular formula is C17H21N5. The molecule has 22 heavy (non-hydrogen) atoms. The summed E-state index contributed by atoms with van der Waals surface area (Å²) in [4.78, 5) is 9.87. The lowest BCUT2D eigenvalue weighted by Gasteiger charge is -2.31. The van der Waals surface area contributed by atoms with Gasteiger partial charge in [-0.05, 0) is 33.2 Å². The van der Waals surface area contributed by atoms with Crippen LogP contribution in [0.3, 0.4) is 0 Å². The van der Waals surface area contributed by atoms with Crippen molar-refractivity contribution in [2.24, 2.45) is 0 Å². The van der Waals surface area contributed by atoms with E-state index < -0.39 is 0 Å². The predicted molar refractivity (Wildman–Crippen MR) is 88.2 cm³/mol. The summed E-state index contributed by atoms with van der Waals surface area (Å²) in [5.41, 5.74) is 2.05. The van der Waals surface area contributed by atoms with E-state index in [0.717, 1.165) is 11.2 Å². The normalized spacial score (nSPS) is 17.1. The first kappa shape index (κ1) is 15.8. The molecule has 5 heteroatoms. The number of allylic oxidation sites excluding steroid dienone is 1. The van der Waals surface area contributed by atoms with Crippen molar-refractivity contribution in [1.29, 1.82) is 5.26 Å². The Labute approximate surface area is 131 Å². The number of fused-ring (bicyclic) bond motifs is 1. The van der Waals surface area contributed by atoms with Gasteiger partial charge < -0.3 is 4.90 Å². The van der Waals surface area contributed by atoms with Crippen LogP contribution in [0.25, 0.3) is 10.9 Å². The number of nitriles is 1. The first-order chi connectivity index (χ1) is 10.5. The fourth-order valence-electron chi connectivity index (χ4n) is 2.53. The maximum Gasteiger partial charge on any atom is 0.187 e. The van der Waals surface area contributed by atoms with E-state index in [0.29, 0.717) is 0 Å². The Morgan fingerprint density at radius 1 is 1.18 bits per heavy atom. The number of aromatic nitrogens is 1. The molecular weight excluding hydrogens is 274 g/mol. The fraction of sp³-hybridized carbons (Fsp3) is 0.294. The van der Waals surface area contributed by atoms with Crippen LogP contribution < -0.4 is 0 Å². The smallest absolute Gasteiger partial charge is 0.187 e. The average Bonchev–Trinajstić information content (AvgIpc) is 2.81. The van der Waals surface area contributed by atoms with Gasteiger partial charge in [-0.25, -0.2) is 4.90 Å². The third kappa shape index (κ3) is 3.35. The van der Waals surface area contributed by atoms with Crippen molar-refractivity contribution >= 4 is 10.9 Å². The standard InChI is InChI=1S/C9H7N.C8H14N4/c1-2-6-9-8(4-1)5-3-7-10-9;1-7-5-11(4)8(10(2)3)12(7)6-9/h1-7H;5,8H,1-4H3. The molecule has 1 aromatic heterocycles. The molecule has 114 valence electrons. The maximum absolute atomic E-state index is 8.86. The van der Waals surface area contributed by atoms with Gasteiger partial charge in [0, 0.05) is 30.5 Å². The largest absolute Gasteiger partial charge is 0.346 e. The summed E-state index contributed by atoms with van der Waals surface area (Å²) in [7, 11) is 5.88. The lowest BCUT2D eigenvalue weighted by molar-refractivity contribution is 0.0717. The zero-order chi connectivity index (χ0) is 16.1. The number of hydrogen-bond acceptors (Lipinski definition) is 5. The Kier molecular flexibility index (Phi) is 4.97. The van der Waals surface area contributed by atoms with Gasteiger partial charge in [-0.1, -0.05) is 24.3 Å². The van der Waals surface area contributed by atoms with E-state index >= 15 is 0 Å². The molecule has 1 unspecified atom stereocenters. The van der Waals surface area contributed by atoms with E-state index in [1.165, 1.54) is 5.39 Å². The molecule has 0 fully saturated rings. The highest BCUT2D eigenvalue weighted by Crippen LogP contribution is 2.20. The number of nitrogens with zero attached hydrogens (tertiary/aromatic N) is 5. The summed E-state index contributed by atoms with van der Waals surface area (Å²) >= 11 is 0. The number of hydrogen-bond donors (Lipinski definition) is 0. The quantitative estimate of drug-likeness (QED) is 0.757. The monoisotopic (exact) mass is 295 g/mol. The molecule has 0 spiro atoms. The van der Waals surface area contributed by atoms with Gasteiger partial charge >= 0.3 is 0 Å². The second-order valence-electron chi connectivity index (χ2n) is 5.41. The van der Waals surface area contributed by atoms with Gasteiger partial charge in [-0.3, -0.25) is 9.88 Å². The Morgan fingerprint density at radius 2 is 1.86 bits per heavy atom. The summed E-state index contributed by atoms with van der Waals surface area (Å²) in [6, 6.07) is 12.1. The van der Waals surface area contributed by atoms with Gasteiger partial charge in [0.15, 0.2) is 12.5 Å². The Hall–Kier alpha value is -2.58. The van der Waals surface area contributed by atoms with E-state index in [4.69, 9.17) is 5.26 Å². The zero-order valence-corrected chi connectivity index (χ0v) is 13.4. The van der Waals surface area contributed by atoms with Crippen LogP contribution in [-0.2, 0) is 0 Å². The van der Waals surface area contributed by atoms with E-state index in [9.17, 15) is 0 Å². The van der Waals surface area contributed by atoms with E-state index in [1.54, 1.807) is 4.90 Å². The van der Waals surface area contributed by atoms with Gasteiger partial charge in [0.05, 0.1) is 5.52 Å². The van der Waals surface area contributed by atoms with Crippen LogP contribution in [0, 0.1) is 11.5 Å². The van der Waals surface area contributed by atoms with Crippen LogP contribution in [0.15, 0.2) is 54.5 Å². The molecule has 5 nitrogen and oxygen atoms in total. The molecule has 2 aromatic rings.